The van der Waals surface area contributed by atoms with E-state index in [1.807, 2.05) is 4.90 Å². The number of anilines is 1. The van der Waals surface area contributed by atoms with Gasteiger partial charge in [-0.25, -0.2) is 4.79 Å². The van der Waals surface area contributed by atoms with Crippen LogP contribution in [0.5, 0.6) is 0 Å². The summed E-state index contributed by atoms with van der Waals surface area (Å²) in [5.74, 6) is -1.40. The Morgan fingerprint density at radius 2 is 2.11 bits per heavy atom. The highest BCUT2D eigenvalue weighted by atomic mass is 16.5. The number of aromatic nitrogens is 1. The molecule has 1 aromatic rings. The number of carbonyl (C=O) groups excluding carboxylic acids is 1. The lowest BCUT2D eigenvalue weighted by molar-refractivity contribution is 0.0695. The summed E-state index contributed by atoms with van der Waals surface area (Å²) in [5, 5.41) is 11.7. The lowest BCUT2D eigenvalue weighted by atomic mass is 10.1. The van der Waals surface area contributed by atoms with Crippen LogP contribution in [0.1, 0.15) is 20.8 Å². The molecule has 2 heterocycles. The van der Waals surface area contributed by atoms with E-state index in [4.69, 9.17) is 4.74 Å². The number of carboxylic acids is 1. The summed E-state index contributed by atoms with van der Waals surface area (Å²) in [5.41, 5.74) is 0.799. The van der Waals surface area contributed by atoms with Crippen molar-refractivity contribution in [2.45, 2.75) is 0 Å². The maximum Gasteiger partial charge on any atom is 0.339 e. The molecule has 2 rings (SSSR count). The van der Waals surface area contributed by atoms with E-state index in [1.165, 1.54) is 19.3 Å². The van der Waals surface area contributed by atoms with Gasteiger partial charge in [0.2, 0.25) is 0 Å². The highest BCUT2D eigenvalue weighted by Gasteiger charge is 2.21. The van der Waals surface area contributed by atoms with Crippen molar-refractivity contribution in [1.82, 2.24) is 10.3 Å². The van der Waals surface area contributed by atoms with E-state index < -0.39 is 5.97 Å². The molecule has 1 amide bonds. The molecule has 0 aliphatic carbocycles. The van der Waals surface area contributed by atoms with Gasteiger partial charge < -0.3 is 20.1 Å². The molecular weight excluding hydrogens is 250 g/mol. The van der Waals surface area contributed by atoms with Gasteiger partial charge in [-0.2, -0.15) is 0 Å². The summed E-state index contributed by atoms with van der Waals surface area (Å²) in [6.07, 6.45) is 1.22. The number of hydrogen-bond acceptors (Lipinski definition) is 5. The van der Waals surface area contributed by atoms with Gasteiger partial charge in [0.05, 0.1) is 18.9 Å². The summed E-state index contributed by atoms with van der Waals surface area (Å²) >= 11 is 0. The third-order valence-electron chi connectivity index (χ3n) is 2.92. The van der Waals surface area contributed by atoms with Crippen LogP contribution >= 0.6 is 0 Å². The molecule has 1 aliphatic rings. The molecule has 102 valence electrons. The second-order valence-corrected chi connectivity index (χ2v) is 4.07. The van der Waals surface area contributed by atoms with Crippen molar-refractivity contribution in [2.75, 3.05) is 38.3 Å². The molecule has 0 radical (unpaired) electrons. The Morgan fingerprint density at radius 1 is 1.42 bits per heavy atom. The predicted molar refractivity (Wildman–Crippen MR) is 67.6 cm³/mol. The van der Waals surface area contributed by atoms with Crippen LogP contribution in [0.3, 0.4) is 0 Å². The summed E-state index contributed by atoms with van der Waals surface area (Å²) < 4.78 is 5.24. The summed E-state index contributed by atoms with van der Waals surface area (Å²) in [4.78, 5) is 28.5. The molecule has 0 atom stereocenters. The van der Waals surface area contributed by atoms with Crippen LogP contribution in [0, 0.1) is 0 Å². The Balaban J connectivity index is 2.40. The molecule has 1 saturated heterocycles. The van der Waals surface area contributed by atoms with Crippen LogP contribution in [-0.4, -0.2) is 55.3 Å². The maximum atomic E-state index is 11.6. The first-order chi connectivity index (χ1) is 9.13. The van der Waals surface area contributed by atoms with Crippen molar-refractivity contribution in [3.63, 3.8) is 0 Å². The van der Waals surface area contributed by atoms with Gasteiger partial charge >= 0.3 is 5.97 Å². The third-order valence-corrected chi connectivity index (χ3v) is 2.92. The van der Waals surface area contributed by atoms with Crippen LogP contribution in [0.25, 0.3) is 0 Å². The first-order valence-corrected chi connectivity index (χ1v) is 5.91. The Bertz CT molecular complexity index is 498. The number of ether oxygens (including phenoxy) is 1. The van der Waals surface area contributed by atoms with E-state index in [0.717, 1.165) is 0 Å². The van der Waals surface area contributed by atoms with Crippen molar-refractivity contribution in [2.24, 2.45) is 0 Å². The lowest BCUT2D eigenvalue weighted by Crippen LogP contribution is -2.37. The molecule has 0 unspecified atom stereocenters. The number of carboxylic acid groups (broad SMARTS) is 1. The molecule has 7 nitrogen and oxygen atoms in total. The van der Waals surface area contributed by atoms with E-state index in [0.29, 0.717) is 32.0 Å². The third kappa shape index (κ3) is 2.82. The zero-order valence-electron chi connectivity index (χ0n) is 10.5. The van der Waals surface area contributed by atoms with Crippen molar-refractivity contribution in [1.29, 1.82) is 0 Å². The quantitative estimate of drug-likeness (QED) is 0.797. The number of hydrogen-bond donors (Lipinski definition) is 2. The number of nitrogens with one attached hydrogen (secondary N) is 1. The normalized spacial score (nSPS) is 15.1. The molecule has 1 aromatic heterocycles. The first kappa shape index (κ1) is 13.3. The van der Waals surface area contributed by atoms with E-state index in [2.05, 4.69) is 10.3 Å². The summed E-state index contributed by atoms with van der Waals surface area (Å²) in [6.45, 7) is 2.27. The number of morpholine rings is 1. The van der Waals surface area contributed by atoms with E-state index in [9.17, 15) is 14.7 Å². The molecule has 1 aliphatic heterocycles. The average molecular weight is 265 g/mol. The molecular formula is C12H15N3O4. The topological polar surface area (TPSA) is 91.8 Å². The number of pyridine rings is 1. The molecule has 2 N–H and O–H groups in total. The molecule has 0 bridgehead atoms. The fraction of sp³-hybridized carbons (Fsp3) is 0.417. The van der Waals surface area contributed by atoms with Gasteiger partial charge in [-0.3, -0.25) is 9.78 Å². The zero-order valence-corrected chi connectivity index (χ0v) is 10.5. The van der Waals surface area contributed by atoms with E-state index in [1.54, 1.807) is 0 Å². The number of amides is 1. The van der Waals surface area contributed by atoms with Gasteiger partial charge in [-0.15, -0.1) is 0 Å². The van der Waals surface area contributed by atoms with Crippen molar-refractivity contribution in [3.8, 4) is 0 Å². The van der Waals surface area contributed by atoms with Gasteiger partial charge in [0.15, 0.2) is 0 Å². The van der Waals surface area contributed by atoms with Crippen molar-refractivity contribution in [3.05, 3.63) is 23.5 Å². The fourth-order valence-corrected chi connectivity index (χ4v) is 1.93. The molecule has 0 spiro atoms. The van der Waals surface area contributed by atoms with Gasteiger partial charge in [0, 0.05) is 26.3 Å². The molecule has 0 aromatic carbocycles. The SMILES string of the molecule is CNC(=O)c1cc(N2CCOCC2)c(C(=O)O)cn1. The Labute approximate surface area is 110 Å². The molecule has 1 fully saturated rings. The largest absolute Gasteiger partial charge is 0.478 e. The van der Waals surface area contributed by atoms with E-state index >= 15 is 0 Å². The highest BCUT2D eigenvalue weighted by molar-refractivity contribution is 5.98. The number of rotatable bonds is 3. The highest BCUT2D eigenvalue weighted by Crippen LogP contribution is 2.22. The summed E-state index contributed by atoms with van der Waals surface area (Å²) in [7, 11) is 1.50. The zero-order chi connectivity index (χ0) is 13.8. The van der Waals surface area contributed by atoms with Gasteiger partial charge in [0.1, 0.15) is 11.3 Å². The van der Waals surface area contributed by atoms with Crippen LogP contribution < -0.4 is 10.2 Å². The van der Waals surface area contributed by atoms with Crippen molar-refractivity contribution >= 4 is 17.6 Å². The van der Waals surface area contributed by atoms with Gasteiger partial charge in [-0.1, -0.05) is 0 Å². The molecule has 0 saturated carbocycles. The lowest BCUT2D eigenvalue weighted by Gasteiger charge is -2.29. The smallest absolute Gasteiger partial charge is 0.339 e. The Kier molecular flexibility index (Phi) is 3.96. The second-order valence-electron chi connectivity index (χ2n) is 4.07. The van der Waals surface area contributed by atoms with Crippen LogP contribution in [-0.2, 0) is 4.74 Å². The second kappa shape index (κ2) is 5.66. The molecule has 19 heavy (non-hydrogen) atoms. The van der Waals surface area contributed by atoms with Crippen molar-refractivity contribution < 1.29 is 19.4 Å². The predicted octanol–water partition coefficient (Wildman–Crippen LogP) is -0.0240. The minimum Gasteiger partial charge on any atom is -0.478 e. The Morgan fingerprint density at radius 3 is 2.68 bits per heavy atom. The van der Waals surface area contributed by atoms with Crippen LogP contribution in [0.2, 0.25) is 0 Å². The standard InChI is InChI=1S/C12H15N3O4/c1-13-11(16)9-6-10(8(7-14-9)12(17)18)15-2-4-19-5-3-15/h6-7H,2-5H2,1H3,(H,13,16)(H,17,18). The Hall–Kier alpha value is -2.15. The van der Waals surface area contributed by atoms with E-state index in [-0.39, 0.29) is 17.2 Å². The summed E-state index contributed by atoms with van der Waals surface area (Å²) in [6, 6.07) is 1.51. The van der Waals surface area contributed by atoms with Gasteiger partial charge in [0.25, 0.3) is 5.91 Å². The minimum absolute atomic E-state index is 0.0922. The van der Waals surface area contributed by atoms with Crippen LogP contribution in [0.15, 0.2) is 12.3 Å². The van der Waals surface area contributed by atoms with Crippen LogP contribution in [0.4, 0.5) is 5.69 Å². The molecule has 7 heteroatoms. The fourth-order valence-electron chi connectivity index (χ4n) is 1.93. The monoisotopic (exact) mass is 265 g/mol. The average Bonchev–Trinajstić information content (AvgIpc) is 2.46. The van der Waals surface area contributed by atoms with Gasteiger partial charge in [-0.05, 0) is 6.07 Å². The maximum absolute atomic E-state index is 11.6. The number of nitrogens with zero attached hydrogens (tertiary/aromatic N) is 2. The number of aromatic carboxylic acids is 1. The number of carbonyl (C=O) groups is 2. The minimum atomic E-state index is -1.06. The first-order valence-electron chi connectivity index (χ1n) is 5.91.